The number of rotatable bonds is 4. The van der Waals surface area contributed by atoms with Gasteiger partial charge in [-0.2, -0.15) is 10.2 Å². The average Bonchev–Trinajstić information content (AvgIpc) is 2.83. The van der Waals surface area contributed by atoms with Gasteiger partial charge >= 0.3 is 0 Å². The second-order valence-corrected chi connectivity index (χ2v) is 4.18. The van der Waals surface area contributed by atoms with Crippen molar-refractivity contribution in [1.82, 2.24) is 19.6 Å². The normalized spacial score (nSPS) is 10.4. The van der Waals surface area contributed by atoms with Crippen molar-refractivity contribution >= 4 is 18.1 Å². The third kappa shape index (κ3) is 3.49. The molecule has 0 saturated heterocycles. The summed E-state index contributed by atoms with van der Waals surface area (Å²) in [5.74, 6) is 0. The highest BCUT2D eigenvalue weighted by Gasteiger charge is 2.01. The van der Waals surface area contributed by atoms with Gasteiger partial charge in [-0.05, 0) is 13.8 Å². The van der Waals surface area contributed by atoms with E-state index in [2.05, 4.69) is 29.4 Å². The second kappa shape index (κ2) is 5.72. The summed E-state index contributed by atoms with van der Waals surface area (Å²) in [5, 5.41) is 11.7. The smallest absolute Gasteiger partial charge is 0.0729 e. The van der Waals surface area contributed by atoms with Crippen molar-refractivity contribution in [2.24, 2.45) is 7.05 Å². The van der Waals surface area contributed by atoms with E-state index in [1.807, 2.05) is 36.5 Å². The Morgan fingerprint density at radius 3 is 2.53 bits per heavy atom. The Kier molecular flexibility index (Phi) is 4.57. The Labute approximate surface area is 107 Å². The molecule has 2 heterocycles. The van der Waals surface area contributed by atoms with Crippen molar-refractivity contribution in [3.05, 3.63) is 30.4 Å². The molecule has 1 N–H and O–H groups in total. The average molecular weight is 256 g/mol. The molecular weight excluding hydrogens is 238 g/mol. The topological polar surface area (TPSA) is 47.7 Å². The molecule has 2 aromatic heterocycles. The van der Waals surface area contributed by atoms with Crippen LogP contribution in [0.15, 0.2) is 24.8 Å². The van der Waals surface area contributed by atoms with Crippen molar-refractivity contribution in [3.8, 4) is 0 Å². The summed E-state index contributed by atoms with van der Waals surface area (Å²) in [6.07, 6.45) is 7.72. The van der Waals surface area contributed by atoms with E-state index in [1.54, 1.807) is 4.68 Å². The quantitative estimate of drug-likeness (QED) is 0.912. The maximum atomic E-state index is 4.27. The molecule has 0 amide bonds. The standard InChI is InChI=1S/C11H17N5.ClH/c1-9(2)16-8-11(6-14-16)12-4-10-5-13-15(3)7-10;/h5-9,12H,4H2,1-3H3;1H. The molecule has 0 saturated carbocycles. The minimum Gasteiger partial charge on any atom is -0.378 e. The summed E-state index contributed by atoms with van der Waals surface area (Å²) >= 11 is 0. The number of hydrogen-bond donors (Lipinski definition) is 1. The van der Waals surface area contributed by atoms with E-state index in [1.165, 1.54) is 5.56 Å². The molecule has 0 spiro atoms. The predicted molar refractivity (Wildman–Crippen MR) is 70.4 cm³/mol. The van der Waals surface area contributed by atoms with Crippen LogP contribution in [-0.4, -0.2) is 19.6 Å². The van der Waals surface area contributed by atoms with Crippen LogP contribution < -0.4 is 5.32 Å². The van der Waals surface area contributed by atoms with Gasteiger partial charge in [-0.25, -0.2) is 0 Å². The van der Waals surface area contributed by atoms with Crippen molar-refractivity contribution in [1.29, 1.82) is 0 Å². The van der Waals surface area contributed by atoms with Crippen molar-refractivity contribution in [3.63, 3.8) is 0 Å². The van der Waals surface area contributed by atoms with Gasteiger partial charge in [-0.3, -0.25) is 9.36 Å². The van der Waals surface area contributed by atoms with Gasteiger partial charge in [-0.15, -0.1) is 12.4 Å². The monoisotopic (exact) mass is 255 g/mol. The van der Waals surface area contributed by atoms with E-state index >= 15 is 0 Å². The number of aromatic nitrogens is 4. The SMILES string of the molecule is CC(C)n1cc(NCc2cnn(C)c2)cn1.Cl. The van der Waals surface area contributed by atoms with Gasteiger partial charge in [0.15, 0.2) is 0 Å². The van der Waals surface area contributed by atoms with Crippen LogP contribution in [0.2, 0.25) is 0 Å². The van der Waals surface area contributed by atoms with Crippen LogP contribution in [0.3, 0.4) is 0 Å². The van der Waals surface area contributed by atoms with Gasteiger partial charge in [-0.1, -0.05) is 0 Å². The van der Waals surface area contributed by atoms with Crippen LogP contribution in [0.4, 0.5) is 5.69 Å². The molecule has 94 valence electrons. The van der Waals surface area contributed by atoms with Crippen LogP contribution in [0.1, 0.15) is 25.5 Å². The summed E-state index contributed by atoms with van der Waals surface area (Å²) in [6, 6.07) is 0.397. The van der Waals surface area contributed by atoms with Crippen LogP contribution in [0.5, 0.6) is 0 Å². The lowest BCUT2D eigenvalue weighted by Gasteiger charge is -2.03. The molecule has 0 radical (unpaired) electrons. The van der Waals surface area contributed by atoms with Crippen LogP contribution in [0, 0.1) is 0 Å². The Hall–Kier alpha value is -1.49. The molecule has 0 aliphatic carbocycles. The molecule has 0 aliphatic heterocycles. The Morgan fingerprint density at radius 1 is 1.24 bits per heavy atom. The van der Waals surface area contributed by atoms with Gasteiger partial charge in [0.1, 0.15) is 0 Å². The van der Waals surface area contributed by atoms with E-state index in [0.717, 1.165) is 12.2 Å². The van der Waals surface area contributed by atoms with Gasteiger partial charge in [0.25, 0.3) is 0 Å². The highest BCUT2D eigenvalue weighted by Crippen LogP contribution is 2.11. The van der Waals surface area contributed by atoms with E-state index in [4.69, 9.17) is 0 Å². The zero-order valence-corrected chi connectivity index (χ0v) is 11.1. The molecule has 0 fully saturated rings. The van der Waals surface area contributed by atoms with Gasteiger partial charge in [0.2, 0.25) is 0 Å². The summed E-state index contributed by atoms with van der Waals surface area (Å²) in [5.41, 5.74) is 2.21. The highest BCUT2D eigenvalue weighted by molar-refractivity contribution is 5.85. The summed E-state index contributed by atoms with van der Waals surface area (Å²) in [4.78, 5) is 0. The van der Waals surface area contributed by atoms with Crippen LogP contribution >= 0.6 is 12.4 Å². The third-order valence-corrected chi connectivity index (χ3v) is 2.39. The lowest BCUT2D eigenvalue weighted by molar-refractivity contribution is 0.532. The maximum Gasteiger partial charge on any atom is 0.0729 e. The molecule has 0 atom stereocenters. The number of nitrogens with one attached hydrogen (secondary N) is 1. The summed E-state index contributed by atoms with van der Waals surface area (Å²) < 4.78 is 3.74. The second-order valence-electron chi connectivity index (χ2n) is 4.18. The zero-order chi connectivity index (χ0) is 11.5. The van der Waals surface area contributed by atoms with Gasteiger partial charge in [0, 0.05) is 37.6 Å². The van der Waals surface area contributed by atoms with Crippen molar-refractivity contribution < 1.29 is 0 Å². The van der Waals surface area contributed by atoms with Gasteiger partial charge in [0.05, 0.1) is 18.1 Å². The first-order valence-electron chi connectivity index (χ1n) is 5.40. The van der Waals surface area contributed by atoms with Crippen LogP contribution in [-0.2, 0) is 13.6 Å². The fourth-order valence-electron chi connectivity index (χ4n) is 1.48. The first-order chi connectivity index (χ1) is 7.65. The van der Waals surface area contributed by atoms with Crippen molar-refractivity contribution in [2.45, 2.75) is 26.4 Å². The van der Waals surface area contributed by atoms with E-state index < -0.39 is 0 Å². The Bertz CT molecular complexity index is 460. The third-order valence-electron chi connectivity index (χ3n) is 2.39. The fourth-order valence-corrected chi connectivity index (χ4v) is 1.48. The lowest BCUT2D eigenvalue weighted by Crippen LogP contribution is -2.00. The van der Waals surface area contributed by atoms with E-state index in [-0.39, 0.29) is 12.4 Å². The molecular formula is C11H18ClN5. The highest BCUT2D eigenvalue weighted by atomic mass is 35.5. The maximum absolute atomic E-state index is 4.27. The summed E-state index contributed by atoms with van der Waals surface area (Å²) in [6.45, 7) is 4.99. The molecule has 6 heteroatoms. The minimum atomic E-state index is 0. The number of nitrogens with zero attached hydrogens (tertiary/aromatic N) is 4. The Morgan fingerprint density at radius 2 is 2.00 bits per heavy atom. The number of hydrogen-bond acceptors (Lipinski definition) is 3. The first kappa shape index (κ1) is 13.6. The van der Waals surface area contributed by atoms with Gasteiger partial charge < -0.3 is 5.32 Å². The van der Waals surface area contributed by atoms with E-state index in [9.17, 15) is 0 Å². The predicted octanol–water partition coefficient (Wildman–Crippen LogP) is 2.23. The molecule has 2 rings (SSSR count). The summed E-state index contributed by atoms with van der Waals surface area (Å²) in [7, 11) is 1.92. The zero-order valence-electron chi connectivity index (χ0n) is 10.3. The molecule has 0 unspecified atom stereocenters. The molecule has 2 aromatic rings. The Balaban J connectivity index is 0.00000144. The lowest BCUT2D eigenvalue weighted by atomic mass is 10.3. The molecule has 17 heavy (non-hydrogen) atoms. The fraction of sp³-hybridized carbons (Fsp3) is 0.455. The first-order valence-corrected chi connectivity index (χ1v) is 5.40. The molecule has 5 nitrogen and oxygen atoms in total. The van der Waals surface area contributed by atoms with E-state index in [0.29, 0.717) is 6.04 Å². The largest absolute Gasteiger partial charge is 0.378 e. The van der Waals surface area contributed by atoms with Crippen molar-refractivity contribution in [2.75, 3.05) is 5.32 Å². The molecule has 0 bridgehead atoms. The molecule has 0 aromatic carbocycles. The minimum absolute atomic E-state index is 0. The molecule has 0 aliphatic rings. The number of anilines is 1. The number of aryl methyl sites for hydroxylation is 1. The number of halogens is 1. The van der Waals surface area contributed by atoms with Crippen LogP contribution in [0.25, 0.3) is 0 Å².